The van der Waals surface area contributed by atoms with E-state index in [0.29, 0.717) is 45.3 Å². The predicted octanol–water partition coefficient (Wildman–Crippen LogP) is 2.89. The predicted molar refractivity (Wildman–Crippen MR) is 118 cm³/mol. The highest BCUT2D eigenvalue weighted by atomic mass is 16.6. The number of hydrogen-bond acceptors (Lipinski definition) is 5. The molecule has 1 aliphatic heterocycles. The molecular formula is C22H36N4O4. The van der Waals surface area contributed by atoms with Gasteiger partial charge in [0.25, 0.3) is 0 Å². The number of guanidine groups is 1. The van der Waals surface area contributed by atoms with Gasteiger partial charge in [0.05, 0.1) is 13.7 Å². The van der Waals surface area contributed by atoms with Crippen molar-refractivity contribution >= 4 is 12.1 Å². The average molecular weight is 421 g/mol. The lowest BCUT2D eigenvalue weighted by molar-refractivity contribution is 0.0186. The molecule has 1 saturated heterocycles. The van der Waals surface area contributed by atoms with Crippen molar-refractivity contribution in [1.82, 2.24) is 9.80 Å². The number of piperazine rings is 1. The van der Waals surface area contributed by atoms with E-state index in [9.17, 15) is 4.79 Å². The first kappa shape index (κ1) is 23.6. The minimum absolute atomic E-state index is 0.274. The molecule has 1 aromatic carbocycles. The smallest absolute Gasteiger partial charge is 0.410 e. The minimum Gasteiger partial charge on any atom is -0.493 e. The lowest BCUT2D eigenvalue weighted by Gasteiger charge is -2.36. The second-order valence-corrected chi connectivity index (χ2v) is 8.22. The maximum absolute atomic E-state index is 12.1. The van der Waals surface area contributed by atoms with Gasteiger partial charge in [0, 0.05) is 32.7 Å². The number of nitrogens with zero attached hydrogens (tertiary/aromatic N) is 3. The lowest BCUT2D eigenvalue weighted by atomic mass is 10.1. The van der Waals surface area contributed by atoms with E-state index in [1.807, 2.05) is 50.8 Å². The van der Waals surface area contributed by atoms with Crippen LogP contribution in [0.3, 0.4) is 0 Å². The quantitative estimate of drug-likeness (QED) is 0.414. The normalized spacial score (nSPS) is 15.2. The fourth-order valence-electron chi connectivity index (χ4n) is 3.17. The Kier molecular flexibility index (Phi) is 8.62. The molecule has 0 saturated carbocycles. The number of ether oxygens (including phenoxy) is 3. The van der Waals surface area contributed by atoms with Crippen LogP contribution < -0.4 is 15.2 Å². The van der Waals surface area contributed by atoms with Gasteiger partial charge in [-0.3, -0.25) is 4.99 Å². The van der Waals surface area contributed by atoms with Crippen molar-refractivity contribution in [3.05, 3.63) is 23.8 Å². The van der Waals surface area contributed by atoms with Gasteiger partial charge in [-0.05, 0) is 58.2 Å². The summed E-state index contributed by atoms with van der Waals surface area (Å²) in [6.45, 7) is 11.3. The summed E-state index contributed by atoms with van der Waals surface area (Å²) >= 11 is 0. The Morgan fingerprint density at radius 3 is 2.40 bits per heavy atom. The standard InChI is InChI=1S/C22H36N4O4/c1-6-29-19-16-17(9-10-18(19)28-5)8-7-11-24-20(23)25-12-14-26(15-13-25)21(27)30-22(2,3)4/h9-10,16H,6-8,11-15H2,1-5H3,(H2,23,24). The first-order valence-electron chi connectivity index (χ1n) is 10.6. The second kappa shape index (κ2) is 10.9. The molecule has 0 aliphatic carbocycles. The van der Waals surface area contributed by atoms with Gasteiger partial charge >= 0.3 is 6.09 Å². The molecule has 168 valence electrons. The highest BCUT2D eigenvalue weighted by Crippen LogP contribution is 2.28. The van der Waals surface area contributed by atoms with E-state index < -0.39 is 5.60 Å². The van der Waals surface area contributed by atoms with Crippen LogP contribution in [-0.4, -0.2) is 73.9 Å². The summed E-state index contributed by atoms with van der Waals surface area (Å²) in [5, 5.41) is 0. The summed E-state index contributed by atoms with van der Waals surface area (Å²) in [7, 11) is 1.64. The summed E-state index contributed by atoms with van der Waals surface area (Å²) in [6.07, 6.45) is 1.49. The Balaban J connectivity index is 1.77. The molecule has 0 bridgehead atoms. The Morgan fingerprint density at radius 1 is 1.13 bits per heavy atom. The Hall–Kier alpha value is -2.64. The zero-order valence-corrected chi connectivity index (χ0v) is 18.9. The number of amides is 1. The molecular weight excluding hydrogens is 384 g/mol. The molecule has 1 aromatic rings. The number of rotatable bonds is 7. The maximum Gasteiger partial charge on any atom is 0.410 e. The average Bonchev–Trinajstić information content (AvgIpc) is 2.70. The highest BCUT2D eigenvalue weighted by Gasteiger charge is 2.26. The molecule has 0 radical (unpaired) electrons. The minimum atomic E-state index is -0.484. The van der Waals surface area contributed by atoms with E-state index in [4.69, 9.17) is 19.9 Å². The van der Waals surface area contributed by atoms with Crippen LogP contribution >= 0.6 is 0 Å². The molecule has 0 spiro atoms. The molecule has 2 rings (SSSR count). The van der Waals surface area contributed by atoms with Crippen LogP contribution in [0, 0.1) is 0 Å². The van der Waals surface area contributed by atoms with E-state index in [-0.39, 0.29) is 6.09 Å². The first-order chi connectivity index (χ1) is 14.2. The molecule has 30 heavy (non-hydrogen) atoms. The monoisotopic (exact) mass is 420 g/mol. The number of aliphatic imine (C=N–C) groups is 1. The fourth-order valence-corrected chi connectivity index (χ4v) is 3.17. The van der Waals surface area contributed by atoms with E-state index >= 15 is 0 Å². The SMILES string of the molecule is CCOc1cc(CCCN=C(N)N2CCN(C(=O)OC(C)(C)C)CC2)ccc1OC. The molecule has 1 aliphatic rings. The van der Waals surface area contributed by atoms with Crippen LogP contribution in [-0.2, 0) is 11.2 Å². The molecule has 8 heteroatoms. The Bertz CT molecular complexity index is 722. The summed E-state index contributed by atoms with van der Waals surface area (Å²) in [5.41, 5.74) is 6.85. The van der Waals surface area contributed by atoms with Crippen molar-refractivity contribution in [2.24, 2.45) is 10.7 Å². The Labute approximate surface area is 180 Å². The highest BCUT2D eigenvalue weighted by molar-refractivity contribution is 5.78. The van der Waals surface area contributed by atoms with Crippen LogP contribution in [0.4, 0.5) is 4.79 Å². The number of hydrogen-bond donors (Lipinski definition) is 1. The largest absolute Gasteiger partial charge is 0.493 e. The van der Waals surface area contributed by atoms with E-state index in [2.05, 4.69) is 4.99 Å². The van der Waals surface area contributed by atoms with Gasteiger partial charge in [-0.15, -0.1) is 0 Å². The number of methoxy groups -OCH3 is 1. The van der Waals surface area contributed by atoms with E-state index in [1.54, 1.807) is 12.0 Å². The first-order valence-corrected chi connectivity index (χ1v) is 10.6. The molecule has 0 unspecified atom stereocenters. The number of carbonyl (C=O) groups is 1. The molecule has 1 heterocycles. The van der Waals surface area contributed by atoms with Crippen LogP contribution in [0.25, 0.3) is 0 Å². The third-order valence-corrected chi connectivity index (χ3v) is 4.68. The molecule has 1 amide bonds. The van der Waals surface area contributed by atoms with Crippen molar-refractivity contribution in [3.63, 3.8) is 0 Å². The zero-order chi connectivity index (χ0) is 22.1. The zero-order valence-electron chi connectivity index (χ0n) is 18.9. The molecule has 8 nitrogen and oxygen atoms in total. The molecule has 0 atom stereocenters. The van der Waals surface area contributed by atoms with Crippen LogP contribution in [0.2, 0.25) is 0 Å². The summed E-state index contributed by atoms with van der Waals surface area (Å²) in [6, 6.07) is 6.00. The fraction of sp³-hybridized carbons (Fsp3) is 0.636. The summed E-state index contributed by atoms with van der Waals surface area (Å²) in [4.78, 5) is 20.4. The van der Waals surface area contributed by atoms with Gasteiger partial charge in [0.1, 0.15) is 5.60 Å². The topological polar surface area (TPSA) is 89.6 Å². The number of nitrogens with two attached hydrogens (primary N) is 1. The van der Waals surface area contributed by atoms with Gasteiger partial charge in [0.2, 0.25) is 0 Å². The van der Waals surface area contributed by atoms with Crippen molar-refractivity contribution in [2.45, 2.75) is 46.1 Å². The van der Waals surface area contributed by atoms with Gasteiger partial charge in [-0.2, -0.15) is 0 Å². The molecule has 2 N–H and O–H groups in total. The third-order valence-electron chi connectivity index (χ3n) is 4.68. The van der Waals surface area contributed by atoms with Crippen LogP contribution in [0.1, 0.15) is 39.7 Å². The summed E-state index contributed by atoms with van der Waals surface area (Å²) < 4.78 is 16.4. The van der Waals surface area contributed by atoms with Gasteiger partial charge in [-0.1, -0.05) is 6.07 Å². The third kappa shape index (κ3) is 7.31. The van der Waals surface area contributed by atoms with Crippen LogP contribution in [0.15, 0.2) is 23.2 Å². The van der Waals surface area contributed by atoms with Crippen molar-refractivity contribution in [1.29, 1.82) is 0 Å². The summed E-state index contributed by atoms with van der Waals surface area (Å²) in [5.74, 6) is 2.04. The molecule has 1 fully saturated rings. The number of aryl methyl sites for hydroxylation is 1. The van der Waals surface area contributed by atoms with Crippen molar-refractivity contribution in [2.75, 3.05) is 46.4 Å². The molecule has 0 aromatic heterocycles. The van der Waals surface area contributed by atoms with Crippen molar-refractivity contribution in [3.8, 4) is 11.5 Å². The van der Waals surface area contributed by atoms with Gasteiger partial charge in [-0.25, -0.2) is 4.79 Å². The second-order valence-electron chi connectivity index (χ2n) is 8.22. The van der Waals surface area contributed by atoms with Crippen LogP contribution in [0.5, 0.6) is 11.5 Å². The van der Waals surface area contributed by atoms with E-state index in [0.717, 1.165) is 24.3 Å². The lowest BCUT2D eigenvalue weighted by Crippen LogP contribution is -2.53. The number of carbonyl (C=O) groups excluding carboxylic acids is 1. The van der Waals surface area contributed by atoms with Gasteiger partial charge in [0.15, 0.2) is 17.5 Å². The Morgan fingerprint density at radius 2 is 1.80 bits per heavy atom. The van der Waals surface area contributed by atoms with E-state index in [1.165, 1.54) is 5.56 Å². The maximum atomic E-state index is 12.1. The van der Waals surface area contributed by atoms with Crippen molar-refractivity contribution < 1.29 is 19.0 Å². The number of benzene rings is 1. The van der Waals surface area contributed by atoms with Gasteiger partial charge < -0.3 is 29.7 Å².